The summed E-state index contributed by atoms with van der Waals surface area (Å²) in [5.74, 6) is 0.877. The normalized spacial score (nSPS) is 12.4. The van der Waals surface area contributed by atoms with Gasteiger partial charge in [-0.15, -0.1) is 0 Å². The number of aromatic nitrogens is 1. The maximum Gasteiger partial charge on any atom is 0.141 e. The van der Waals surface area contributed by atoms with E-state index in [9.17, 15) is 0 Å². The quantitative estimate of drug-likeness (QED) is 0.703. The molecule has 0 spiro atoms. The number of ether oxygens (including phenoxy) is 1. The molecule has 0 saturated heterocycles. The first kappa shape index (κ1) is 14.0. The molecule has 1 heterocycles. The zero-order valence-corrected chi connectivity index (χ0v) is 11.2. The van der Waals surface area contributed by atoms with Crippen molar-refractivity contribution in [2.24, 2.45) is 0 Å². The Bertz CT molecular complexity index is 315. The minimum absolute atomic E-state index is 0.366. The molecule has 0 saturated carbocycles. The smallest absolute Gasteiger partial charge is 0.141 e. The summed E-state index contributed by atoms with van der Waals surface area (Å²) in [4.78, 5) is 4.09. The van der Waals surface area contributed by atoms with Crippen LogP contribution in [0.2, 0.25) is 0 Å². The summed E-state index contributed by atoms with van der Waals surface area (Å²) in [6, 6.07) is 2.41. The maximum atomic E-state index is 5.35. The molecule has 3 nitrogen and oxygen atoms in total. The first-order valence-corrected chi connectivity index (χ1v) is 6.48. The van der Waals surface area contributed by atoms with E-state index >= 15 is 0 Å². The molecule has 0 aliphatic rings. The molecule has 0 amide bonds. The van der Waals surface area contributed by atoms with Crippen molar-refractivity contribution in [1.29, 1.82) is 0 Å². The topological polar surface area (TPSA) is 34.2 Å². The van der Waals surface area contributed by atoms with Gasteiger partial charge in [0.1, 0.15) is 5.75 Å². The Hall–Kier alpha value is -1.09. The molecule has 96 valence electrons. The number of hydrogen-bond acceptors (Lipinski definition) is 3. The minimum atomic E-state index is 0.366. The molecular formula is C14H24N2O. The molecular weight excluding hydrogens is 212 g/mol. The molecule has 1 aromatic rings. The van der Waals surface area contributed by atoms with Crippen LogP contribution in [0, 0.1) is 0 Å². The van der Waals surface area contributed by atoms with Crippen molar-refractivity contribution in [2.75, 3.05) is 14.2 Å². The van der Waals surface area contributed by atoms with Gasteiger partial charge < -0.3 is 10.1 Å². The van der Waals surface area contributed by atoms with Gasteiger partial charge in [-0.3, -0.25) is 4.98 Å². The van der Waals surface area contributed by atoms with E-state index < -0.39 is 0 Å². The summed E-state index contributed by atoms with van der Waals surface area (Å²) in [5, 5.41) is 3.36. The van der Waals surface area contributed by atoms with Crippen molar-refractivity contribution in [3.63, 3.8) is 0 Å². The highest BCUT2D eigenvalue weighted by Crippen LogP contribution is 2.27. The van der Waals surface area contributed by atoms with Crippen molar-refractivity contribution in [1.82, 2.24) is 10.3 Å². The second kappa shape index (κ2) is 8.07. The van der Waals surface area contributed by atoms with E-state index in [1.165, 1.54) is 31.2 Å². The van der Waals surface area contributed by atoms with Crippen molar-refractivity contribution < 1.29 is 4.74 Å². The van der Waals surface area contributed by atoms with Crippen LogP contribution >= 0.6 is 0 Å². The largest absolute Gasteiger partial charge is 0.495 e. The zero-order chi connectivity index (χ0) is 12.5. The summed E-state index contributed by atoms with van der Waals surface area (Å²) in [7, 11) is 3.70. The second-order valence-corrected chi connectivity index (χ2v) is 4.31. The highest BCUT2D eigenvalue weighted by atomic mass is 16.5. The van der Waals surface area contributed by atoms with Crippen LogP contribution < -0.4 is 10.1 Å². The van der Waals surface area contributed by atoms with Gasteiger partial charge >= 0.3 is 0 Å². The van der Waals surface area contributed by atoms with Gasteiger partial charge in [0.15, 0.2) is 0 Å². The van der Waals surface area contributed by atoms with Crippen molar-refractivity contribution in [3.8, 4) is 5.75 Å². The average Bonchev–Trinajstić information content (AvgIpc) is 2.39. The van der Waals surface area contributed by atoms with Crippen LogP contribution in [0.25, 0.3) is 0 Å². The van der Waals surface area contributed by atoms with E-state index in [-0.39, 0.29) is 0 Å². The fourth-order valence-corrected chi connectivity index (χ4v) is 2.08. The van der Waals surface area contributed by atoms with Crippen LogP contribution in [0.5, 0.6) is 5.75 Å². The number of hydrogen-bond donors (Lipinski definition) is 1. The number of unbranched alkanes of at least 4 members (excludes halogenated alkanes) is 3. The number of methoxy groups -OCH3 is 1. The van der Waals surface area contributed by atoms with Crippen LogP contribution in [0.15, 0.2) is 18.5 Å². The molecule has 0 aliphatic carbocycles. The summed E-state index contributed by atoms with van der Waals surface area (Å²) >= 11 is 0. The Balaban J connectivity index is 2.59. The number of rotatable bonds is 8. The van der Waals surface area contributed by atoms with Gasteiger partial charge in [0.05, 0.1) is 13.3 Å². The Morgan fingerprint density at radius 2 is 2.18 bits per heavy atom. The molecule has 1 atom stereocenters. The highest BCUT2D eigenvalue weighted by molar-refractivity contribution is 5.32. The molecule has 1 rings (SSSR count). The third kappa shape index (κ3) is 4.35. The molecule has 0 radical (unpaired) electrons. The lowest BCUT2D eigenvalue weighted by Crippen LogP contribution is -2.17. The summed E-state index contributed by atoms with van der Waals surface area (Å²) in [5.41, 5.74) is 1.21. The maximum absolute atomic E-state index is 5.35. The summed E-state index contributed by atoms with van der Waals surface area (Å²) in [6.07, 6.45) is 9.93. The minimum Gasteiger partial charge on any atom is -0.495 e. The number of pyridine rings is 1. The molecule has 17 heavy (non-hydrogen) atoms. The van der Waals surface area contributed by atoms with E-state index in [1.807, 2.05) is 19.3 Å². The van der Waals surface area contributed by atoms with E-state index in [4.69, 9.17) is 4.74 Å². The van der Waals surface area contributed by atoms with Gasteiger partial charge in [-0.2, -0.15) is 0 Å². The molecule has 0 fully saturated rings. The molecule has 1 N–H and O–H groups in total. The highest BCUT2D eigenvalue weighted by Gasteiger charge is 2.13. The van der Waals surface area contributed by atoms with Gasteiger partial charge in [-0.05, 0) is 19.5 Å². The molecule has 0 aromatic carbocycles. The summed E-state index contributed by atoms with van der Waals surface area (Å²) in [6.45, 7) is 2.24. The van der Waals surface area contributed by atoms with Crippen LogP contribution in [-0.4, -0.2) is 19.1 Å². The van der Waals surface area contributed by atoms with Gasteiger partial charge in [-0.1, -0.05) is 32.6 Å². The standard InChI is InChI=1S/C14H24N2O/c1-4-5-6-7-8-13(15-2)12-9-10-16-11-14(12)17-3/h9-11,13,15H,4-8H2,1-3H3. The lowest BCUT2D eigenvalue weighted by atomic mass is 10.0. The number of nitrogens with zero attached hydrogens (tertiary/aromatic N) is 1. The van der Waals surface area contributed by atoms with Crippen molar-refractivity contribution in [2.45, 2.75) is 45.1 Å². The third-order valence-corrected chi connectivity index (χ3v) is 3.11. The van der Waals surface area contributed by atoms with Gasteiger partial charge in [0, 0.05) is 17.8 Å². The monoisotopic (exact) mass is 236 g/mol. The van der Waals surface area contributed by atoms with E-state index in [0.717, 1.165) is 12.2 Å². The van der Waals surface area contributed by atoms with Gasteiger partial charge in [0.2, 0.25) is 0 Å². The van der Waals surface area contributed by atoms with Gasteiger partial charge in [-0.25, -0.2) is 0 Å². The lowest BCUT2D eigenvalue weighted by molar-refractivity contribution is 0.394. The first-order chi connectivity index (χ1) is 8.33. The Kier molecular flexibility index (Phi) is 6.63. The van der Waals surface area contributed by atoms with E-state index in [1.54, 1.807) is 13.3 Å². The van der Waals surface area contributed by atoms with Gasteiger partial charge in [0.25, 0.3) is 0 Å². The van der Waals surface area contributed by atoms with Crippen LogP contribution in [0.3, 0.4) is 0 Å². The Morgan fingerprint density at radius 3 is 2.82 bits per heavy atom. The summed E-state index contributed by atoms with van der Waals surface area (Å²) < 4.78 is 5.35. The van der Waals surface area contributed by atoms with Crippen LogP contribution in [0.1, 0.15) is 50.6 Å². The Morgan fingerprint density at radius 1 is 1.35 bits per heavy atom. The second-order valence-electron chi connectivity index (χ2n) is 4.31. The third-order valence-electron chi connectivity index (χ3n) is 3.11. The van der Waals surface area contributed by atoms with Crippen molar-refractivity contribution >= 4 is 0 Å². The lowest BCUT2D eigenvalue weighted by Gasteiger charge is -2.18. The average molecular weight is 236 g/mol. The van der Waals surface area contributed by atoms with E-state index in [2.05, 4.69) is 17.2 Å². The van der Waals surface area contributed by atoms with Crippen LogP contribution in [-0.2, 0) is 0 Å². The molecule has 0 bridgehead atoms. The SMILES string of the molecule is CCCCCCC(NC)c1ccncc1OC. The molecule has 0 aliphatic heterocycles. The predicted molar refractivity (Wildman–Crippen MR) is 71.3 cm³/mol. The fraction of sp³-hybridized carbons (Fsp3) is 0.643. The molecule has 1 unspecified atom stereocenters. The van der Waals surface area contributed by atoms with Crippen LogP contribution in [0.4, 0.5) is 0 Å². The van der Waals surface area contributed by atoms with Crippen molar-refractivity contribution in [3.05, 3.63) is 24.0 Å². The Labute approximate surface area is 105 Å². The first-order valence-electron chi connectivity index (χ1n) is 6.48. The molecule has 1 aromatic heterocycles. The fourth-order valence-electron chi connectivity index (χ4n) is 2.08. The molecule has 3 heteroatoms. The number of nitrogens with one attached hydrogen (secondary N) is 1. The predicted octanol–water partition coefficient (Wildman–Crippen LogP) is 3.32. The van der Waals surface area contributed by atoms with E-state index in [0.29, 0.717) is 6.04 Å². The zero-order valence-electron chi connectivity index (χ0n) is 11.2.